The minimum absolute atomic E-state index is 0.00894. The molecule has 1 aromatic heterocycles. The number of piperidine rings is 1. The topological polar surface area (TPSA) is 64.2 Å². The number of aromatic nitrogens is 2. The summed E-state index contributed by atoms with van der Waals surface area (Å²) in [5.41, 5.74) is 7.21. The molecular weight excluding hydrogens is 216 g/mol. The standard InChI is InChI=1S/C12H20N4O/c1-3-6-16-11(17)5-4-9(13)12(16)10-7-14-8-15(10)2/h7-9,12H,3-6,13H2,1-2H3/t9-,12-/m1/s1. The molecule has 0 spiro atoms. The fourth-order valence-electron chi connectivity index (χ4n) is 2.51. The van der Waals surface area contributed by atoms with E-state index in [-0.39, 0.29) is 18.0 Å². The van der Waals surface area contributed by atoms with Crippen LogP contribution in [-0.2, 0) is 11.8 Å². The predicted molar refractivity (Wildman–Crippen MR) is 65.2 cm³/mol. The Hall–Kier alpha value is -1.36. The van der Waals surface area contributed by atoms with Gasteiger partial charge >= 0.3 is 0 Å². The van der Waals surface area contributed by atoms with Crippen LogP contribution in [0, 0.1) is 0 Å². The first-order valence-electron chi connectivity index (χ1n) is 6.16. The maximum Gasteiger partial charge on any atom is 0.223 e. The van der Waals surface area contributed by atoms with E-state index in [2.05, 4.69) is 11.9 Å². The Balaban J connectivity index is 2.32. The molecule has 17 heavy (non-hydrogen) atoms. The van der Waals surface area contributed by atoms with Gasteiger partial charge in [-0.05, 0) is 12.8 Å². The third-order valence-corrected chi connectivity index (χ3v) is 3.37. The molecule has 2 heterocycles. The maximum atomic E-state index is 12.0. The van der Waals surface area contributed by atoms with E-state index >= 15 is 0 Å². The van der Waals surface area contributed by atoms with Gasteiger partial charge in [0.1, 0.15) is 0 Å². The van der Waals surface area contributed by atoms with E-state index in [1.54, 1.807) is 6.33 Å². The van der Waals surface area contributed by atoms with Crippen LogP contribution in [0.2, 0.25) is 0 Å². The van der Waals surface area contributed by atoms with E-state index in [1.165, 1.54) is 0 Å². The van der Waals surface area contributed by atoms with Crippen molar-refractivity contribution in [3.8, 4) is 0 Å². The average Bonchev–Trinajstić information content (AvgIpc) is 2.71. The summed E-state index contributed by atoms with van der Waals surface area (Å²) in [6.07, 6.45) is 5.84. The maximum absolute atomic E-state index is 12.0. The first-order valence-corrected chi connectivity index (χ1v) is 6.16. The molecule has 0 aromatic carbocycles. The summed E-state index contributed by atoms with van der Waals surface area (Å²) in [5, 5.41) is 0. The van der Waals surface area contributed by atoms with Gasteiger partial charge in [0.05, 0.1) is 24.3 Å². The minimum atomic E-state index is -0.0244. The number of hydrogen-bond acceptors (Lipinski definition) is 3. The van der Waals surface area contributed by atoms with E-state index < -0.39 is 0 Å². The van der Waals surface area contributed by atoms with Crippen LogP contribution >= 0.6 is 0 Å². The van der Waals surface area contributed by atoms with E-state index in [1.807, 2.05) is 22.7 Å². The number of imidazole rings is 1. The van der Waals surface area contributed by atoms with Crippen molar-refractivity contribution in [3.05, 3.63) is 18.2 Å². The molecule has 0 aliphatic carbocycles. The summed E-state index contributed by atoms with van der Waals surface area (Å²) >= 11 is 0. The summed E-state index contributed by atoms with van der Waals surface area (Å²) in [5.74, 6) is 0.208. The minimum Gasteiger partial charge on any atom is -0.336 e. The molecule has 1 fully saturated rings. The summed E-state index contributed by atoms with van der Waals surface area (Å²) in [6.45, 7) is 2.84. The van der Waals surface area contributed by atoms with Crippen molar-refractivity contribution in [2.75, 3.05) is 6.54 Å². The number of rotatable bonds is 3. The molecule has 0 saturated carbocycles. The third-order valence-electron chi connectivity index (χ3n) is 3.37. The van der Waals surface area contributed by atoms with E-state index in [4.69, 9.17) is 5.73 Å². The Morgan fingerprint density at radius 1 is 1.59 bits per heavy atom. The normalized spacial score (nSPS) is 25.4. The Morgan fingerprint density at radius 2 is 2.35 bits per heavy atom. The van der Waals surface area contributed by atoms with Crippen molar-refractivity contribution < 1.29 is 4.79 Å². The average molecular weight is 236 g/mol. The zero-order valence-electron chi connectivity index (χ0n) is 10.5. The molecule has 2 N–H and O–H groups in total. The zero-order valence-corrected chi connectivity index (χ0v) is 10.5. The van der Waals surface area contributed by atoms with E-state index in [9.17, 15) is 4.79 Å². The van der Waals surface area contributed by atoms with Crippen molar-refractivity contribution >= 4 is 5.91 Å². The first-order chi connectivity index (χ1) is 8.15. The van der Waals surface area contributed by atoms with Gasteiger partial charge in [0, 0.05) is 26.1 Å². The van der Waals surface area contributed by atoms with Crippen LogP contribution in [0.15, 0.2) is 12.5 Å². The quantitative estimate of drug-likeness (QED) is 0.845. The van der Waals surface area contributed by atoms with Gasteiger partial charge in [-0.3, -0.25) is 4.79 Å². The number of nitrogens with zero attached hydrogens (tertiary/aromatic N) is 3. The molecule has 94 valence electrons. The van der Waals surface area contributed by atoms with Crippen LogP contribution in [0.3, 0.4) is 0 Å². The van der Waals surface area contributed by atoms with E-state index in [0.29, 0.717) is 6.42 Å². The smallest absolute Gasteiger partial charge is 0.223 e. The second-order valence-electron chi connectivity index (χ2n) is 4.66. The number of aryl methyl sites for hydroxylation is 1. The summed E-state index contributed by atoms with van der Waals surface area (Å²) in [7, 11) is 1.94. The molecule has 1 saturated heterocycles. The molecule has 0 unspecified atom stereocenters. The third kappa shape index (κ3) is 2.20. The molecule has 5 nitrogen and oxygen atoms in total. The molecule has 0 radical (unpaired) electrons. The van der Waals surface area contributed by atoms with Crippen LogP contribution in [0.25, 0.3) is 0 Å². The highest BCUT2D eigenvalue weighted by Crippen LogP contribution is 2.30. The number of hydrogen-bond donors (Lipinski definition) is 1. The molecule has 1 aliphatic heterocycles. The van der Waals surface area contributed by atoms with Crippen LogP contribution < -0.4 is 5.73 Å². The summed E-state index contributed by atoms with van der Waals surface area (Å²) < 4.78 is 1.95. The lowest BCUT2D eigenvalue weighted by Gasteiger charge is -2.39. The molecule has 0 bridgehead atoms. The van der Waals surface area contributed by atoms with Crippen molar-refractivity contribution in [3.63, 3.8) is 0 Å². The van der Waals surface area contributed by atoms with Crippen molar-refractivity contribution in [2.24, 2.45) is 12.8 Å². The van der Waals surface area contributed by atoms with Gasteiger partial charge in [-0.15, -0.1) is 0 Å². The summed E-state index contributed by atoms with van der Waals surface area (Å²) in [6, 6.07) is -0.0154. The highest BCUT2D eigenvalue weighted by Gasteiger charge is 2.35. The van der Waals surface area contributed by atoms with Gasteiger partial charge < -0.3 is 15.2 Å². The van der Waals surface area contributed by atoms with Gasteiger partial charge in [0.25, 0.3) is 0 Å². The van der Waals surface area contributed by atoms with Crippen molar-refractivity contribution in [1.82, 2.24) is 14.5 Å². The number of nitrogens with two attached hydrogens (primary N) is 1. The largest absolute Gasteiger partial charge is 0.336 e. The van der Waals surface area contributed by atoms with Crippen LogP contribution in [0.1, 0.15) is 37.9 Å². The van der Waals surface area contributed by atoms with Crippen molar-refractivity contribution in [2.45, 2.75) is 38.3 Å². The van der Waals surface area contributed by atoms with E-state index in [0.717, 1.165) is 25.1 Å². The fourth-order valence-corrected chi connectivity index (χ4v) is 2.51. The lowest BCUT2D eigenvalue weighted by atomic mass is 9.94. The van der Waals surface area contributed by atoms with Gasteiger partial charge in [-0.25, -0.2) is 4.98 Å². The van der Waals surface area contributed by atoms with Gasteiger partial charge in [0.2, 0.25) is 5.91 Å². The second kappa shape index (κ2) is 4.87. The molecule has 1 aromatic rings. The SMILES string of the molecule is CCCN1C(=O)CC[C@@H](N)[C@@H]1c1cncn1C. The molecule has 1 amide bonds. The number of carbonyl (C=O) groups excluding carboxylic acids is 1. The van der Waals surface area contributed by atoms with Gasteiger partial charge in [-0.1, -0.05) is 6.92 Å². The number of amides is 1. The number of likely N-dealkylation sites (tertiary alicyclic amines) is 1. The van der Waals surface area contributed by atoms with Gasteiger partial charge in [-0.2, -0.15) is 0 Å². The lowest BCUT2D eigenvalue weighted by molar-refractivity contribution is -0.137. The molecular formula is C12H20N4O. The molecule has 5 heteroatoms. The lowest BCUT2D eigenvalue weighted by Crippen LogP contribution is -2.49. The number of carbonyl (C=O) groups is 1. The monoisotopic (exact) mass is 236 g/mol. The highest BCUT2D eigenvalue weighted by molar-refractivity contribution is 5.77. The van der Waals surface area contributed by atoms with Crippen LogP contribution in [0.4, 0.5) is 0 Å². The highest BCUT2D eigenvalue weighted by atomic mass is 16.2. The zero-order chi connectivity index (χ0) is 12.4. The van der Waals surface area contributed by atoms with Crippen LogP contribution in [0.5, 0.6) is 0 Å². The fraction of sp³-hybridized carbons (Fsp3) is 0.667. The molecule has 1 aliphatic rings. The molecule has 2 atom stereocenters. The Bertz CT molecular complexity index is 401. The Kier molecular flexibility index (Phi) is 3.47. The van der Waals surface area contributed by atoms with Gasteiger partial charge in [0.15, 0.2) is 0 Å². The first kappa shape index (κ1) is 12.1. The van der Waals surface area contributed by atoms with Crippen LogP contribution in [-0.4, -0.2) is 32.9 Å². The molecule has 2 rings (SSSR count). The summed E-state index contributed by atoms with van der Waals surface area (Å²) in [4.78, 5) is 18.0. The Labute approximate surface area is 102 Å². The van der Waals surface area contributed by atoms with Crippen molar-refractivity contribution in [1.29, 1.82) is 0 Å². The predicted octanol–water partition coefficient (Wildman–Crippen LogP) is 0.821. The Morgan fingerprint density at radius 3 is 2.94 bits per heavy atom. The second-order valence-corrected chi connectivity index (χ2v) is 4.66.